The molecule has 3 aromatic heterocycles. The van der Waals surface area contributed by atoms with Crippen LogP contribution in [0.5, 0.6) is 0 Å². The van der Waals surface area contributed by atoms with Crippen molar-refractivity contribution >= 4 is 33.5 Å². The number of amides is 1. The van der Waals surface area contributed by atoms with Gasteiger partial charge >= 0.3 is 11.9 Å². The van der Waals surface area contributed by atoms with Gasteiger partial charge in [0, 0.05) is 30.6 Å². The van der Waals surface area contributed by atoms with E-state index in [-0.39, 0.29) is 33.9 Å². The first kappa shape index (κ1) is 21.6. The van der Waals surface area contributed by atoms with Gasteiger partial charge in [0.15, 0.2) is 5.13 Å². The van der Waals surface area contributed by atoms with Crippen LogP contribution >= 0.6 is 11.3 Å². The number of aryl methyl sites for hydroxylation is 1. The van der Waals surface area contributed by atoms with Crippen LogP contribution in [0.2, 0.25) is 0 Å². The molecule has 166 valence electrons. The SMILES string of the molecule is Cn1c(=O)c2c(CC(=O)Nc3nc(-c4cccc(C(F)(F)F)c4)cs3)coc2n(C)c1=O. The van der Waals surface area contributed by atoms with Crippen molar-refractivity contribution in [2.45, 2.75) is 12.6 Å². The first-order valence-corrected chi connectivity index (χ1v) is 10.0. The van der Waals surface area contributed by atoms with Gasteiger partial charge in [0.05, 0.1) is 23.9 Å². The summed E-state index contributed by atoms with van der Waals surface area (Å²) in [6.45, 7) is 0. The van der Waals surface area contributed by atoms with E-state index in [0.29, 0.717) is 5.56 Å². The number of nitrogens with zero attached hydrogens (tertiary/aromatic N) is 3. The third-order valence-corrected chi connectivity index (χ3v) is 5.59. The molecule has 0 bridgehead atoms. The third kappa shape index (κ3) is 3.84. The van der Waals surface area contributed by atoms with E-state index in [1.807, 2.05) is 0 Å². The van der Waals surface area contributed by atoms with Crippen molar-refractivity contribution < 1.29 is 22.4 Å². The van der Waals surface area contributed by atoms with Crippen molar-refractivity contribution in [1.82, 2.24) is 14.1 Å². The number of halogens is 3. The molecule has 0 aliphatic carbocycles. The van der Waals surface area contributed by atoms with E-state index in [1.165, 1.54) is 42.4 Å². The quantitative estimate of drug-likeness (QED) is 0.500. The first-order valence-electron chi connectivity index (χ1n) is 9.15. The zero-order chi connectivity index (χ0) is 23.2. The van der Waals surface area contributed by atoms with Gasteiger partial charge in [-0.3, -0.25) is 18.7 Å². The standard InChI is InChI=1S/C20H15F3N4O4S/c1-26-16(29)15-11(8-31-17(15)27(2)19(26)30)7-14(28)25-18-24-13(9-32-18)10-4-3-5-12(6-10)20(21,22)23/h3-6,8-9H,7H2,1-2H3,(H,24,25,28). The van der Waals surface area contributed by atoms with Crippen molar-refractivity contribution in [2.75, 3.05) is 5.32 Å². The number of carbonyl (C=O) groups excluding carboxylic acids is 1. The van der Waals surface area contributed by atoms with Crippen molar-refractivity contribution in [3.05, 3.63) is 67.9 Å². The molecular formula is C20H15F3N4O4S. The lowest BCUT2D eigenvalue weighted by Crippen LogP contribution is -2.36. The molecule has 1 amide bonds. The van der Waals surface area contributed by atoms with E-state index in [2.05, 4.69) is 10.3 Å². The molecule has 0 saturated carbocycles. The van der Waals surface area contributed by atoms with Crippen LogP contribution in [-0.4, -0.2) is 20.0 Å². The highest BCUT2D eigenvalue weighted by atomic mass is 32.1. The summed E-state index contributed by atoms with van der Waals surface area (Å²) in [7, 11) is 2.77. The number of furan rings is 1. The first-order chi connectivity index (χ1) is 15.1. The largest absolute Gasteiger partial charge is 0.447 e. The molecule has 0 aliphatic rings. The Labute approximate surface area is 181 Å². The number of hydrogen-bond acceptors (Lipinski definition) is 6. The summed E-state index contributed by atoms with van der Waals surface area (Å²) in [6.07, 6.45) is -3.46. The molecule has 8 nitrogen and oxygen atoms in total. The van der Waals surface area contributed by atoms with Gasteiger partial charge in [-0.15, -0.1) is 11.3 Å². The zero-order valence-electron chi connectivity index (χ0n) is 16.7. The summed E-state index contributed by atoms with van der Waals surface area (Å²) in [5.41, 5.74) is -1.03. The number of benzene rings is 1. The lowest BCUT2D eigenvalue weighted by molar-refractivity contribution is -0.137. The summed E-state index contributed by atoms with van der Waals surface area (Å²) in [5, 5.41) is 4.41. The second kappa shape index (κ2) is 7.79. The average molecular weight is 464 g/mol. The minimum absolute atomic E-state index is 0.0574. The number of aromatic nitrogens is 3. The van der Waals surface area contributed by atoms with E-state index in [0.717, 1.165) is 28.0 Å². The number of alkyl halides is 3. The van der Waals surface area contributed by atoms with Crippen molar-refractivity contribution in [1.29, 1.82) is 0 Å². The molecule has 32 heavy (non-hydrogen) atoms. The molecule has 0 spiro atoms. The Morgan fingerprint density at radius 2 is 1.97 bits per heavy atom. The van der Waals surface area contributed by atoms with Gasteiger partial charge in [-0.1, -0.05) is 12.1 Å². The average Bonchev–Trinajstić information content (AvgIpc) is 3.37. The van der Waals surface area contributed by atoms with E-state index in [1.54, 1.807) is 0 Å². The molecule has 1 aromatic carbocycles. The Morgan fingerprint density at radius 1 is 1.22 bits per heavy atom. The fraction of sp³-hybridized carbons (Fsp3) is 0.200. The monoisotopic (exact) mass is 464 g/mol. The molecule has 0 fully saturated rings. The summed E-state index contributed by atoms with van der Waals surface area (Å²) < 4.78 is 46.2. The lowest BCUT2D eigenvalue weighted by Gasteiger charge is -2.07. The Bertz CT molecular complexity index is 1460. The molecule has 4 rings (SSSR count). The highest BCUT2D eigenvalue weighted by molar-refractivity contribution is 7.14. The predicted octanol–water partition coefficient (Wildman–Crippen LogP) is 3.15. The Kier molecular flexibility index (Phi) is 5.25. The molecule has 1 N–H and O–H groups in total. The maximum absolute atomic E-state index is 12.9. The smallest absolute Gasteiger partial charge is 0.416 e. The van der Waals surface area contributed by atoms with E-state index < -0.39 is 28.9 Å². The number of anilines is 1. The van der Waals surface area contributed by atoms with Crippen LogP contribution in [0, 0.1) is 0 Å². The minimum atomic E-state index is -4.48. The van der Waals surface area contributed by atoms with Crippen molar-refractivity contribution in [3.63, 3.8) is 0 Å². The van der Waals surface area contributed by atoms with E-state index >= 15 is 0 Å². The molecule has 3 heterocycles. The fourth-order valence-corrected chi connectivity index (χ4v) is 3.95. The zero-order valence-corrected chi connectivity index (χ0v) is 17.5. The van der Waals surface area contributed by atoms with Crippen LogP contribution in [-0.2, 0) is 31.5 Å². The number of thiazole rings is 1. The number of carbonyl (C=O) groups is 1. The number of nitrogens with one attached hydrogen (secondary N) is 1. The normalized spacial score (nSPS) is 11.8. The van der Waals surface area contributed by atoms with Gasteiger partial charge in [0.2, 0.25) is 11.6 Å². The van der Waals surface area contributed by atoms with Gasteiger partial charge in [-0.25, -0.2) is 9.78 Å². The van der Waals surface area contributed by atoms with Crippen LogP contribution in [0.15, 0.2) is 49.9 Å². The van der Waals surface area contributed by atoms with Crippen LogP contribution in [0.3, 0.4) is 0 Å². The number of rotatable bonds is 4. The van der Waals surface area contributed by atoms with Crippen LogP contribution in [0.4, 0.5) is 18.3 Å². The Morgan fingerprint density at radius 3 is 2.69 bits per heavy atom. The third-order valence-electron chi connectivity index (χ3n) is 4.83. The lowest BCUT2D eigenvalue weighted by atomic mass is 10.1. The second-order valence-corrected chi connectivity index (χ2v) is 7.85. The highest BCUT2D eigenvalue weighted by Crippen LogP contribution is 2.33. The molecule has 0 unspecified atom stereocenters. The predicted molar refractivity (Wildman–Crippen MR) is 112 cm³/mol. The van der Waals surface area contributed by atoms with E-state index in [4.69, 9.17) is 4.42 Å². The van der Waals surface area contributed by atoms with Crippen LogP contribution in [0.1, 0.15) is 11.1 Å². The summed E-state index contributed by atoms with van der Waals surface area (Å²) in [6, 6.07) is 4.73. The van der Waals surface area contributed by atoms with Gasteiger partial charge in [0.1, 0.15) is 5.39 Å². The maximum Gasteiger partial charge on any atom is 0.416 e. The molecule has 0 saturated heterocycles. The summed E-state index contributed by atoms with van der Waals surface area (Å²) in [5.74, 6) is -0.506. The molecule has 4 aromatic rings. The van der Waals surface area contributed by atoms with Gasteiger partial charge in [-0.2, -0.15) is 13.2 Å². The molecule has 0 radical (unpaired) electrons. The van der Waals surface area contributed by atoms with Crippen molar-refractivity contribution in [3.8, 4) is 11.3 Å². The second-order valence-electron chi connectivity index (χ2n) is 6.99. The minimum Gasteiger partial charge on any atom is -0.447 e. The number of hydrogen-bond donors (Lipinski definition) is 1. The van der Waals surface area contributed by atoms with Crippen molar-refractivity contribution in [2.24, 2.45) is 14.1 Å². The highest BCUT2D eigenvalue weighted by Gasteiger charge is 2.30. The fourth-order valence-electron chi connectivity index (χ4n) is 3.21. The maximum atomic E-state index is 12.9. The van der Waals surface area contributed by atoms with Gasteiger partial charge in [0.25, 0.3) is 5.56 Å². The number of fused-ring (bicyclic) bond motifs is 1. The molecule has 12 heteroatoms. The summed E-state index contributed by atoms with van der Waals surface area (Å²) >= 11 is 1.05. The summed E-state index contributed by atoms with van der Waals surface area (Å²) in [4.78, 5) is 41.1. The molecule has 0 aliphatic heterocycles. The van der Waals surface area contributed by atoms with Crippen LogP contribution in [0.25, 0.3) is 22.4 Å². The topological polar surface area (TPSA) is 99.1 Å². The van der Waals surface area contributed by atoms with Gasteiger partial charge < -0.3 is 9.73 Å². The van der Waals surface area contributed by atoms with Gasteiger partial charge in [-0.05, 0) is 12.1 Å². The Hall–Kier alpha value is -3.67. The van der Waals surface area contributed by atoms with Crippen LogP contribution < -0.4 is 16.6 Å². The van der Waals surface area contributed by atoms with E-state index in [9.17, 15) is 27.6 Å². The molecular weight excluding hydrogens is 449 g/mol. The molecule has 0 atom stereocenters. The Balaban J connectivity index is 1.55.